The van der Waals surface area contributed by atoms with Gasteiger partial charge in [-0.25, -0.2) is 0 Å². The number of nitrogens with one attached hydrogen (secondary N) is 1. The van der Waals surface area contributed by atoms with E-state index in [0.29, 0.717) is 6.04 Å². The lowest BCUT2D eigenvalue weighted by atomic mass is 9.96. The maximum Gasteiger partial charge on any atom is 0.221 e. The van der Waals surface area contributed by atoms with Crippen LogP contribution in [0.15, 0.2) is 0 Å². The van der Waals surface area contributed by atoms with E-state index in [2.05, 4.69) is 10.2 Å². The number of rotatable bonds is 3. The van der Waals surface area contributed by atoms with Crippen LogP contribution in [-0.2, 0) is 4.79 Å². The van der Waals surface area contributed by atoms with Crippen molar-refractivity contribution in [2.24, 2.45) is 11.7 Å². The van der Waals surface area contributed by atoms with E-state index in [9.17, 15) is 4.79 Å². The van der Waals surface area contributed by atoms with E-state index >= 15 is 0 Å². The molecule has 2 unspecified atom stereocenters. The molecule has 0 aromatic carbocycles. The summed E-state index contributed by atoms with van der Waals surface area (Å²) in [4.78, 5) is 13.6. The second kappa shape index (κ2) is 5.64. The molecule has 4 heteroatoms. The molecule has 16 heavy (non-hydrogen) atoms. The van der Waals surface area contributed by atoms with Crippen LogP contribution in [0.25, 0.3) is 0 Å². The molecule has 0 spiro atoms. The van der Waals surface area contributed by atoms with Crippen LogP contribution in [0.5, 0.6) is 0 Å². The third-order valence-electron chi connectivity index (χ3n) is 3.80. The summed E-state index contributed by atoms with van der Waals surface area (Å²) >= 11 is 0. The Morgan fingerprint density at radius 1 is 1.31 bits per heavy atom. The van der Waals surface area contributed by atoms with Crippen LogP contribution in [0.1, 0.15) is 32.1 Å². The summed E-state index contributed by atoms with van der Waals surface area (Å²) in [6, 6.07) is 0.625. The molecule has 2 atom stereocenters. The van der Waals surface area contributed by atoms with Gasteiger partial charge in [-0.2, -0.15) is 0 Å². The molecule has 0 aromatic heterocycles. The normalized spacial score (nSPS) is 32.5. The number of hydrogen-bond acceptors (Lipinski definition) is 3. The van der Waals surface area contributed by atoms with Gasteiger partial charge in [0.25, 0.3) is 0 Å². The zero-order valence-electron chi connectivity index (χ0n) is 9.95. The number of piperidine rings is 2. The van der Waals surface area contributed by atoms with Gasteiger partial charge in [-0.3, -0.25) is 4.79 Å². The quantitative estimate of drug-likeness (QED) is 0.727. The maximum absolute atomic E-state index is 11.2. The zero-order valence-corrected chi connectivity index (χ0v) is 9.95. The monoisotopic (exact) mass is 225 g/mol. The number of carbonyl (C=O) groups excluding carboxylic acids is 1. The van der Waals surface area contributed by atoms with Crippen molar-refractivity contribution < 1.29 is 4.79 Å². The van der Waals surface area contributed by atoms with Gasteiger partial charge >= 0.3 is 0 Å². The molecule has 0 aromatic rings. The van der Waals surface area contributed by atoms with E-state index in [0.717, 1.165) is 39.0 Å². The Labute approximate surface area is 97.6 Å². The zero-order chi connectivity index (χ0) is 11.4. The standard InChI is InChI=1S/C12H23N3O/c13-12(16)10-4-3-7-15(8-10)9-11-5-1-2-6-14-11/h10-11,14H,1-9H2,(H2,13,16). The molecule has 2 saturated heterocycles. The summed E-state index contributed by atoms with van der Waals surface area (Å²) in [7, 11) is 0. The van der Waals surface area contributed by atoms with Crippen molar-refractivity contribution in [3.05, 3.63) is 0 Å². The van der Waals surface area contributed by atoms with Crippen LogP contribution < -0.4 is 11.1 Å². The van der Waals surface area contributed by atoms with Crippen molar-refractivity contribution in [3.8, 4) is 0 Å². The van der Waals surface area contributed by atoms with E-state index in [4.69, 9.17) is 5.73 Å². The first kappa shape index (κ1) is 11.9. The number of hydrogen-bond donors (Lipinski definition) is 2. The molecule has 2 aliphatic rings. The van der Waals surface area contributed by atoms with Crippen LogP contribution in [0.2, 0.25) is 0 Å². The number of likely N-dealkylation sites (tertiary alicyclic amines) is 1. The minimum absolute atomic E-state index is 0.0809. The molecule has 0 saturated carbocycles. The van der Waals surface area contributed by atoms with Crippen LogP contribution in [-0.4, -0.2) is 43.0 Å². The first-order valence-corrected chi connectivity index (χ1v) is 6.51. The number of nitrogens with two attached hydrogens (primary N) is 1. The predicted octanol–water partition coefficient (Wildman–Crippen LogP) is 0.326. The van der Waals surface area contributed by atoms with Crippen molar-refractivity contribution in [3.63, 3.8) is 0 Å². The highest BCUT2D eigenvalue weighted by Crippen LogP contribution is 2.17. The van der Waals surface area contributed by atoms with Gasteiger partial charge in [-0.15, -0.1) is 0 Å². The van der Waals surface area contributed by atoms with Gasteiger partial charge < -0.3 is 16.0 Å². The lowest BCUT2D eigenvalue weighted by molar-refractivity contribution is -0.123. The van der Waals surface area contributed by atoms with E-state index in [-0.39, 0.29) is 11.8 Å². The second-order valence-corrected chi connectivity index (χ2v) is 5.15. The molecule has 0 aliphatic carbocycles. The fraction of sp³-hybridized carbons (Fsp3) is 0.917. The summed E-state index contributed by atoms with van der Waals surface area (Å²) in [6.07, 6.45) is 6.01. The van der Waals surface area contributed by atoms with Crippen LogP contribution in [0.3, 0.4) is 0 Å². The number of primary amides is 1. The lowest BCUT2D eigenvalue weighted by Crippen LogP contribution is -2.48. The molecule has 0 radical (unpaired) electrons. The first-order chi connectivity index (χ1) is 7.75. The third-order valence-corrected chi connectivity index (χ3v) is 3.80. The molecule has 4 nitrogen and oxygen atoms in total. The number of nitrogens with zero attached hydrogens (tertiary/aromatic N) is 1. The van der Waals surface area contributed by atoms with Crippen molar-refractivity contribution in [1.29, 1.82) is 0 Å². The fourth-order valence-electron chi connectivity index (χ4n) is 2.85. The highest BCUT2D eigenvalue weighted by atomic mass is 16.1. The van der Waals surface area contributed by atoms with E-state index in [1.807, 2.05) is 0 Å². The average molecular weight is 225 g/mol. The van der Waals surface area contributed by atoms with Crippen LogP contribution in [0.4, 0.5) is 0 Å². The predicted molar refractivity (Wildman–Crippen MR) is 64.0 cm³/mol. The lowest BCUT2D eigenvalue weighted by Gasteiger charge is -2.35. The van der Waals surface area contributed by atoms with Crippen molar-refractivity contribution in [2.75, 3.05) is 26.2 Å². The Hall–Kier alpha value is -0.610. The first-order valence-electron chi connectivity index (χ1n) is 6.51. The second-order valence-electron chi connectivity index (χ2n) is 5.15. The van der Waals surface area contributed by atoms with Gasteiger partial charge in [0.05, 0.1) is 5.92 Å². The van der Waals surface area contributed by atoms with E-state index in [1.54, 1.807) is 0 Å². The minimum atomic E-state index is -0.124. The van der Waals surface area contributed by atoms with Gasteiger partial charge in [-0.05, 0) is 38.8 Å². The maximum atomic E-state index is 11.2. The Morgan fingerprint density at radius 2 is 2.19 bits per heavy atom. The molecule has 2 fully saturated rings. The van der Waals surface area contributed by atoms with Gasteiger partial charge in [-0.1, -0.05) is 6.42 Å². The van der Waals surface area contributed by atoms with Gasteiger partial charge in [0.1, 0.15) is 0 Å². The summed E-state index contributed by atoms with van der Waals surface area (Å²) in [5, 5.41) is 3.55. The molecular formula is C12H23N3O. The molecule has 92 valence electrons. The Morgan fingerprint density at radius 3 is 2.88 bits per heavy atom. The fourth-order valence-corrected chi connectivity index (χ4v) is 2.85. The summed E-state index contributed by atoms with van der Waals surface area (Å²) in [5.41, 5.74) is 5.38. The van der Waals surface area contributed by atoms with Crippen molar-refractivity contribution in [2.45, 2.75) is 38.1 Å². The van der Waals surface area contributed by atoms with Crippen LogP contribution >= 0.6 is 0 Å². The Bertz CT molecular complexity index is 238. The minimum Gasteiger partial charge on any atom is -0.369 e. The number of amides is 1. The average Bonchev–Trinajstić information content (AvgIpc) is 2.30. The summed E-state index contributed by atoms with van der Waals surface area (Å²) in [6.45, 7) is 4.23. The molecule has 1 amide bonds. The van der Waals surface area contributed by atoms with Crippen LogP contribution in [0, 0.1) is 5.92 Å². The van der Waals surface area contributed by atoms with E-state index < -0.39 is 0 Å². The van der Waals surface area contributed by atoms with Crippen molar-refractivity contribution in [1.82, 2.24) is 10.2 Å². The molecule has 0 bridgehead atoms. The molecule has 3 N–H and O–H groups in total. The molecule has 2 heterocycles. The number of carbonyl (C=O) groups is 1. The third kappa shape index (κ3) is 3.19. The van der Waals surface area contributed by atoms with Gasteiger partial charge in [0.15, 0.2) is 0 Å². The Balaban J connectivity index is 1.78. The summed E-state index contributed by atoms with van der Waals surface area (Å²) in [5.74, 6) is -0.0429. The largest absolute Gasteiger partial charge is 0.369 e. The summed E-state index contributed by atoms with van der Waals surface area (Å²) < 4.78 is 0. The SMILES string of the molecule is NC(=O)C1CCCN(CC2CCCCN2)C1. The Kier molecular flexibility index (Phi) is 4.18. The topological polar surface area (TPSA) is 58.4 Å². The van der Waals surface area contributed by atoms with Gasteiger partial charge in [0, 0.05) is 19.1 Å². The smallest absolute Gasteiger partial charge is 0.221 e. The molecular weight excluding hydrogens is 202 g/mol. The van der Waals surface area contributed by atoms with E-state index in [1.165, 1.54) is 19.3 Å². The molecule has 2 rings (SSSR count). The van der Waals surface area contributed by atoms with Gasteiger partial charge in [0.2, 0.25) is 5.91 Å². The van der Waals surface area contributed by atoms with Crippen molar-refractivity contribution >= 4 is 5.91 Å². The highest BCUT2D eigenvalue weighted by Gasteiger charge is 2.25. The molecule has 2 aliphatic heterocycles. The highest BCUT2D eigenvalue weighted by molar-refractivity contribution is 5.76.